The molecule has 2 rings (SSSR count). The van der Waals surface area contributed by atoms with Crippen molar-refractivity contribution in [2.75, 3.05) is 6.61 Å². The zero-order valence-electron chi connectivity index (χ0n) is 12.2. The van der Waals surface area contributed by atoms with Crippen LogP contribution in [0.2, 0.25) is 0 Å². The van der Waals surface area contributed by atoms with Crippen LogP contribution in [0.4, 0.5) is 0 Å². The van der Waals surface area contributed by atoms with Crippen molar-refractivity contribution in [3.8, 4) is 0 Å². The Balaban J connectivity index is 1.83. The number of nitrogens with one attached hydrogen (secondary N) is 2. The zero-order chi connectivity index (χ0) is 15.4. The Hall–Kier alpha value is -1.21. The fourth-order valence-corrected chi connectivity index (χ4v) is 3.91. The molecule has 0 aliphatic heterocycles. The van der Waals surface area contributed by atoms with Gasteiger partial charge in [0, 0.05) is 16.6 Å². The maximum atomic E-state index is 12.1. The maximum Gasteiger partial charge on any atom is 0.308 e. The molecule has 2 atom stereocenters. The molecule has 2 N–H and O–H groups in total. The summed E-state index contributed by atoms with van der Waals surface area (Å²) >= 11 is 6.50. The molecule has 0 radical (unpaired) electrons. The van der Waals surface area contributed by atoms with E-state index in [4.69, 9.17) is 17.0 Å². The molecule has 1 fully saturated rings. The number of H-pyrrole nitrogens is 1. The second-order valence-electron chi connectivity index (χ2n) is 5.27. The van der Waals surface area contributed by atoms with Crippen LogP contribution < -0.4 is 5.32 Å². The quantitative estimate of drug-likeness (QED) is 0.643. The van der Waals surface area contributed by atoms with Gasteiger partial charge in [0.25, 0.3) is 0 Å². The predicted molar refractivity (Wildman–Crippen MR) is 83.8 cm³/mol. The minimum Gasteiger partial charge on any atom is -0.466 e. The Morgan fingerprint density at radius 2 is 2.24 bits per heavy atom. The van der Waals surface area contributed by atoms with Crippen LogP contribution in [0.25, 0.3) is 0 Å². The van der Waals surface area contributed by atoms with Crippen molar-refractivity contribution in [1.82, 2.24) is 10.3 Å². The van der Waals surface area contributed by atoms with Gasteiger partial charge in [0.1, 0.15) is 0 Å². The van der Waals surface area contributed by atoms with Crippen molar-refractivity contribution in [2.24, 2.45) is 5.92 Å². The van der Waals surface area contributed by atoms with E-state index in [1.165, 1.54) is 11.3 Å². The Bertz CT molecular complexity index is 579. The fraction of sp³-hybridized carbons (Fsp3) is 0.643. The van der Waals surface area contributed by atoms with Crippen molar-refractivity contribution in [2.45, 2.75) is 45.6 Å². The largest absolute Gasteiger partial charge is 0.466 e. The van der Waals surface area contributed by atoms with Crippen LogP contribution in [-0.2, 0) is 20.7 Å². The number of hydrogen-bond acceptors (Lipinski definition) is 5. The molecule has 1 aliphatic carbocycles. The van der Waals surface area contributed by atoms with Crippen LogP contribution in [0.5, 0.6) is 0 Å². The van der Waals surface area contributed by atoms with Gasteiger partial charge in [-0.15, -0.1) is 11.3 Å². The van der Waals surface area contributed by atoms with Crippen LogP contribution in [-0.4, -0.2) is 29.5 Å². The summed E-state index contributed by atoms with van der Waals surface area (Å²) in [6, 6.07) is 0.0686. The summed E-state index contributed by atoms with van der Waals surface area (Å²) in [7, 11) is 0. The van der Waals surface area contributed by atoms with Crippen molar-refractivity contribution < 1.29 is 14.3 Å². The number of amides is 1. The van der Waals surface area contributed by atoms with Gasteiger partial charge >= 0.3 is 5.97 Å². The molecule has 21 heavy (non-hydrogen) atoms. The van der Waals surface area contributed by atoms with Gasteiger partial charge in [-0.1, -0.05) is 0 Å². The van der Waals surface area contributed by atoms with E-state index in [0.29, 0.717) is 23.4 Å². The first-order valence-corrected chi connectivity index (χ1v) is 8.36. The van der Waals surface area contributed by atoms with Crippen molar-refractivity contribution >= 4 is 35.4 Å². The highest BCUT2D eigenvalue weighted by Gasteiger charge is 2.31. The van der Waals surface area contributed by atoms with E-state index < -0.39 is 0 Å². The number of carbonyl (C=O) groups is 2. The third-order valence-corrected chi connectivity index (χ3v) is 5.00. The second kappa shape index (κ2) is 7.17. The first-order chi connectivity index (χ1) is 9.99. The van der Waals surface area contributed by atoms with Crippen LogP contribution >= 0.6 is 23.6 Å². The third kappa shape index (κ3) is 4.38. The first kappa shape index (κ1) is 16.2. The summed E-state index contributed by atoms with van der Waals surface area (Å²) in [5.74, 6) is -0.238. The molecular formula is C14H20N2O3S2. The monoisotopic (exact) mass is 328 g/mol. The summed E-state index contributed by atoms with van der Waals surface area (Å²) in [6.45, 7) is 4.13. The second-order valence-corrected chi connectivity index (χ2v) is 7.04. The van der Waals surface area contributed by atoms with E-state index in [-0.39, 0.29) is 23.8 Å². The molecule has 1 heterocycles. The summed E-state index contributed by atoms with van der Waals surface area (Å²) in [4.78, 5) is 27.7. The smallest absolute Gasteiger partial charge is 0.308 e. The number of aromatic amines is 1. The molecular weight excluding hydrogens is 308 g/mol. The van der Waals surface area contributed by atoms with Crippen LogP contribution in [0.1, 0.15) is 36.8 Å². The molecule has 0 spiro atoms. The molecule has 1 aromatic rings. The van der Waals surface area contributed by atoms with Gasteiger partial charge in [-0.2, -0.15) is 0 Å². The minimum absolute atomic E-state index is 0.0159. The van der Waals surface area contributed by atoms with Crippen LogP contribution in [0.15, 0.2) is 0 Å². The number of rotatable bonds is 5. The Morgan fingerprint density at radius 3 is 2.86 bits per heavy atom. The van der Waals surface area contributed by atoms with Gasteiger partial charge in [0.05, 0.1) is 18.9 Å². The number of thiazole rings is 1. The molecule has 1 aliphatic rings. The highest BCUT2D eigenvalue weighted by Crippen LogP contribution is 2.27. The van der Waals surface area contributed by atoms with Gasteiger partial charge in [0.2, 0.25) is 5.91 Å². The molecule has 116 valence electrons. The van der Waals surface area contributed by atoms with E-state index >= 15 is 0 Å². The molecule has 1 aromatic heterocycles. The lowest BCUT2D eigenvalue weighted by Gasteiger charge is -2.13. The number of esters is 1. The van der Waals surface area contributed by atoms with Crippen molar-refractivity contribution in [1.29, 1.82) is 0 Å². The van der Waals surface area contributed by atoms with E-state index in [1.807, 2.05) is 6.92 Å². The SMILES string of the molecule is CCOC(=O)[C@H]1CC[C@H](NC(=O)Cc2sc(=S)[nH]c2C)C1. The summed E-state index contributed by atoms with van der Waals surface area (Å²) < 4.78 is 5.72. The van der Waals surface area contributed by atoms with E-state index in [0.717, 1.165) is 23.4 Å². The summed E-state index contributed by atoms with van der Waals surface area (Å²) in [6.07, 6.45) is 2.62. The van der Waals surface area contributed by atoms with Crippen molar-refractivity contribution in [3.63, 3.8) is 0 Å². The highest BCUT2D eigenvalue weighted by atomic mass is 32.1. The molecule has 0 bridgehead atoms. The van der Waals surface area contributed by atoms with E-state index in [1.54, 1.807) is 6.92 Å². The maximum absolute atomic E-state index is 12.1. The predicted octanol–water partition coefficient (Wildman–Crippen LogP) is 2.50. The first-order valence-electron chi connectivity index (χ1n) is 7.14. The Labute approximate surface area is 133 Å². The highest BCUT2D eigenvalue weighted by molar-refractivity contribution is 7.73. The molecule has 0 unspecified atom stereocenters. The van der Waals surface area contributed by atoms with Gasteiger partial charge in [0.15, 0.2) is 3.95 Å². The van der Waals surface area contributed by atoms with Crippen LogP contribution in [0.3, 0.4) is 0 Å². The standard InChI is InChI=1S/C14H20N2O3S2/c1-3-19-13(18)9-4-5-10(6-9)16-12(17)7-11-8(2)15-14(20)21-11/h9-10H,3-7H2,1-2H3,(H,15,20)(H,16,17)/t9-,10-/m0/s1. The molecule has 1 amide bonds. The number of aromatic nitrogens is 1. The lowest BCUT2D eigenvalue weighted by Crippen LogP contribution is -2.34. The lowest BCUT2D eigenvalue weighted by atomic mass is 10.1. The lowest BCUT2D eigenvalue weighted by molar-refractivity contribution is -0.147. The number of carbonyl (C=O) groups excluding carboxylic acids is 2. The minimum atomic E-state index is -0.145. The van der Waals surface area contributed by atoms with Gasteiger partial charge in [-0.25, -0.2) is 0 Å². The zero-order valence-corrected chi connectivity index (χ0v) is 13.9. The summed E-state index contributed by atoms with van der Waals surface area (Å²) in [5, 5.41) is 3.00. The average Bonchev–Trinajstić information content (AvgIpc) is 2.97. The molecule has 7 heteroatoms. The Kier molecular flexibility index (Phi) is 5.52. The molecule has 0 aromatic carbocycles. The Morgan fingerprint density at radius 1 is 1.48 bits per heavy atom. The van der Waals surface area contributed by atoms with Gasteiger partial charge in [-0.05, 0) is 45.3 Å². The van der Waals surface area contributed by atoms with Gasteiger partial charge in [-0.3, -0.25) is 9.59 Å². The molecule has 5 nitrogen and oxygen atoms in total. The topological polar surface area (TPSA) is 71.2 Å². The van der Waals surface area contributed by atoms with E-state index in [9.17, 15) is 9.59 Å². The average molecular weight is 328 g/mol. The van der Waals surface area contributed by atoms with E-state index in [2.05, 4.69) is 10.3 Å². The van der Waals surface area contributed by atoms with Crippen molar-refractivity contribution in [3.05, 3.63) is 14.5 Å². The summed E-state index contributed by atoms with van der Waals surface area (Å²) in [5.41, 5.74) is 0.955. The number of ether oxygens (including phenoxy) is 1. The third-order valence-electron chi connectivity index (χ3n) is 3.66. The number of aryl methyl sites for hydroxylation is 1. The van der Waals surface area contributed by atoms with Gasteiger partial charge < -0.3 is 15.0 Å². The fourth-order valence-electron chi connectivity index (χ4n) is 2.62. The normalized spacial score (nSPS) is 21.2. The van der Waals surface area contributed by atoms with Crippen LogP contribution in [0, 0.1) is 16.8 Å². The number of hydrogen-bond donors (Lipinski definition) is 2. The molecule has 1 saturated carbocycles. The molecule has 0 saturated heterocycles.